The highest BCUT2D eigenvalue weighted by Crippen LogP contribution is 2.28. The number of rotatable bonds is 7. The van der Waals surface area contributed by atoms with Gasteiger partial charge in [-0.2, -0.15) is 4.31 Å². The minimum absolute atomic E-state index is 0.0641. The third-order valence-electron chi connectivity index (χ3n) is 5.44. The Morgan fingerprint density at radius 2 is 1.79 bits per heavy atom. The summed E-state index contributed by atoms with van der Waals surface area (Å²) < 4.78 is 32.9. The van der Waals surface area contributed by atoms with Crippen LogP contribution in [0.5, 0.6) is 5.75 Å². The van der Waals surface area contributed by atoms with E-state index < -0.39 is 21.8 Å². The Labute approximate surface area is 199 Å². The predicted octanol–water partition coefficient (Wildman–Crippen LogP) is 3.62. The molecule has 0 aromatic heterocycles. The molecule has 1 saturated heterocycles. The molecule has 1 aliphatic rings. The molecular weight excluding hydrogens is 466 g/mol. The maximum absolute atomic E-state index is 13.2. The number of carbonyl (C=O) groups is 2. The summed E-state index contributed by atoms with van der Waals surface area (Å²) in [5.74, 6) is -0.290. The Bertz CT molecular complexity index is 1110. The summed E-state index contributed by atoms with van der Waals surface area (Å²) in [6.45, 7) is 0.648. The van der Waals surface area contributed by atoms with Gasteiger partial charge in [0, 0.05) is 37.5 Å². The first-order chi connectivity index (χ1) is 15.7. The molecule has 0 unspecified atom stereocenters. The van der Waals surface area contributed by atoms with Crippen molar-refractivity contribution >= 4 is 39.1 Å². The third kappa shape index (κ3) is 6.25. The summed E-state index contributed by atoms with van der Waals surface area (Å²) in [7, 11) is -0.823. The standard InChI is InChI=1S/C23H28ClN3O5S/c1-26(16-22(28)25-18-8-7-9-19(15-18)32-2)23(29)17-10-11-20(24)21(14-17)33(30,31)27-12-5-3-4-6-13-27/h7-11,14-15H,3-6,12-13,16H2,1-2H3,(H,25,28). The van der Waals surface area contributed by atoms with Gasteiger partial charge in [0.25, 0.3) is 5.91 Å². The second-order valence-corrected chi connectivity index (χ2v) is 10.2. The fourth-order valence-corrected chi connectivity index (χ4v) is 5.68. The molecule has 178 valence electrons. The summed E-state index contributed by atoms with van der Waals surface area (Å²) in [5.41, 5.74) is 0.682. The molecule has 1 N–H and O–H groups in total. The van der Waals surface area contributed by atoms with Gasteiger partial charge in [0.05, 0.1) is 18.7 Å². The lowest BCUT2D eigenvalue weighted by Crippen LogP contribution is -2.35. The van der Waals surface area contributed by atoms with Gasteiger partial charge in [0.2, 0.25) is 15.9 Å². The molecular formula is C23H28ClN3O5S. The van der Waals surface area contributed by atoms with Crippen molar-refractivity contribution in [2.45, 2.75) is 30.6 Å². The van der Waals surface area contributed by atoms with Gasteiger partial charge in [-0.25, -0.2) is 8.42 Å². The number of amides is 2. The molecule has 33 heavy (non-hydrogen) atoms. The van der Waals surface area contributed by atoms with Gasteiger partial charge in [-0.15, -0.1) is 0 Å². The number of benzene rings is 2. The number of methoxy groups -OCH3 is 1. The molecule has 1 aliphatic heterocycles. The van der Waals surface area contributed by atoms with Crippen LogP contribution in [-0.4, -0.2) is 63.2 Å². The van der Waals surface area contributed by atoms with Crippen molar-refractivity contribution in [2.24, 2.45) is 0 Å². The van der Waals surface area contributed by atoms with Crippen LogP contribution in [0.15, 0.2) is 47.4 Å². The van der Waals surface area contributed by atoms with Gasteiger partial charge in [-0.05, 0) is 43.2 Å². The van der Waals surface area contributed by atoms with Crippen LogP contribution in [0, 0.1) is 0 Å². The molecule has 10 heteroatoms. The van der Waals surface area contributed by atoms with Gasteiger partial charge >= 0.3 is 0 Å². The first-order valence-electron chi connectivity index (χ1n) is 10.7. The second-order valence-electron chi connectivity index (χ2n) is 7.90. The van der Waals surface area contributed by atoms with Crippen LogP contribution in [0.3, 0.4) is 0 Å². The molecule has 3 rings (SSSR count). The number of carbonyl (C=O) groups excluding carboxylic acids is 2. The number of sulfonamides is 1. The lowest BCUT2D eigenvalue weighted by molar-refractivity contribution is -0.116. The van der Waals surface area contributed by atoms with Crippen molar-refractivity contribution in [3.05, 3.63) is 53.1 Å². The molecule has 8 nitrogen and oxygen atoms in total. The van der Waals surface area contributed by atoms with Crippen molar-refractivity contribution in [3.63, 3.8) is 0 Å². The fraction of sp³-hybridized carbons (Fsp3) is 0.391. The lowest BCUT2D eigenvalue weighted by Gasteiger charge is -2.22. The lowest BCUT2D eigenvalue weighted by atomic mass is 10.2. The second kappa shape index (κ2) is 11.0. The van der Waals surface area contributed by atoms with Gasteiger partial charge in [-0.1, -0.05) is 30.5 Å². The molecule has 0 saturated carbocycles. The highest BCUT2D eigenvalue weighted by Gasteiger charge is 2.28. The van der Waals surface area contributed by atoms with Gasteiger partial charge < -0.3 is 15.0 Å². The minimum Gasteiger partial charge on any atom is -0.497 e. The normalized spacial score (nSPS) is 14.9. The molecule has 0 aliphatic carbocycles. The zero-order valence-electron chi connectivity index (χ0n) is 18.7. The summed E-state index contributed by atoms with van der Waals surface area (Å²) in [6, 6.07) is 11.0. The van der Waals surface area contributed by atoms with Crippen LogP contribution in [0.1, 0.15) is 36.0 Å². The SMILES string of the molecule is COc1cccc(NC(=O)CN(C)C(=O)c2ccc(Cl)c(S(=O)(=O)N3CCCCCC3)c2)c1. The highest BCUT2D eigenvalue weighted by atomic mass is 35.5. The molecule has 2 amide bonds. The van der Waals surface area contributed by atoms with Gasteiger partial charge in [-0.3, -0.25) is 9.59 Å². The van der Waals surface area contributed by atoms with Crippen LogP contribution in [0.2, 0.25) is 5.02 Å². The maximum atomic E-state index is 13.2. The van der Waals surface area contributed by atoms with Crippen molar-refractivity contribution in [3.8, 4) is 5.75 Å². The summed E-state index contributed by atoms with van der Waals surface area (Å²) in [6.07, 6.45) is 3.56. The number of nitrogens with zero attached hydrogens (tertiary/aromatic N) is 2. The molecule has 2 aromatic rings. The summed E-state index contributed by atoms with van der Waals surface area (Å²) in [4.78, 5) is 26.5. The Morgan fingerprint density at radius 3 is 2.45 bits per heavy atom. The molecule has 2 aromatic carbocycles. The smallest absolute Gasteiger partial charge is 0.254 e. The summed E-state index contributed by atoms with van der Waals surface area (Å²) in [5, 5.41) is 2.78. The van der Waals surface area contributed by atoms with E-state index in [0.29, 0.717) is 24.5 Å². The first-order valence-corrected chi connectivity index (χ1v) is 12.5. The van der Waals surface area contributed by atoms with Crippen molar-refractivity contribution in [2.75, 3.05) is 39.1 Å². The predicted molar refractivity (Wildman–Crippen MR) is 127 cm³/mol. The maximum Gasteiger partial charge on any atom is 0.254 e. The largest absolute Gasteiger partial charge is 0.497 e. The van der Waals surface area contributed by atoms with E-state index in [-0.39, 0.29) is 22.0 Å². The third-order valence-corrected chi connectivity index (χ3v) is 7.82. The van der Waals surface area contributed by atoms with Crippen LogP contribution in [0.25, 0.3) is 0 Å². The Morgan fingerprint density at radius 1 is 1.09 bits per heavy atom. The van der Waals surface area contributed by atoms with Gasteiger partial charge in [0.1, 0.15) is 10.6 Å². The zero-order valence-corrected chi connectivity index (χ0v) is 20.3. The molecule has 0 spiro atoms. The molecule has 0 atom stereocenters. The number of hydrogen-bond acceptors (Lipinski definition) is 5. The quantitative estimate of drug-likeness (QED) is 0.635. The Kier molecular flexibility index (Phi) is 8.34. The Balaban J connectivity index is 1.73. The van der Waals surface area contributed by atoms with E-state index in [1.54, 1.807) is 24.3 Å². The number of hydrogen-bond donors (Lipinski definition) is 1. The summed E-state index contributed by atoms with van der Waals surface area (Å²) >= 11 is 6.22. The average molecular weight is 494 g/mol. The van der Waals surface area contributed by atoms with Gasteiger partial charge in [0.15, 0.2) is 0 Å². The number of halogens is 1. The monoisotopic (exact) mass is 493 g/mol. The van der Waals surface area contributed by atoms with E-state index >= 15 is 0 Å². The van der Waals surface area contributed by atoms with E-state index in [2.05, 4.69) is 5.32 Å². The van der Waals surface area contributed by atoms with E-state index in [4.69, 9.17) is 16.3 Å². The topological polar surface area (TPSA) is 96.0 Å². The molecule has 0 bridgehead atoms. The Hall–Kier alpha value is -2.62. The van der Waals surface area contributed by atoms with E-state index in [0.717, 1.165) is 25.7 Å². The van der Waals surface area contributed by atoms with Crippen molar-refractivity contribution < 1.29 is 22.7 Å². The first kappa shape index (κ1) is 25.0. The zero-order chi connectivity index (χ0) is 24.0. The molecule has 1 heterocycles. The average Bonchev–Trinajstić information content (AvgIpc) is 3.09. The molecule has 1 fully saturated rings. The number of ether oxygens (including phenoxy) is 1. The van der Waals surface area contributed by atoms with Crippen LogP contribution in [-0.2, 0) is 14.8 Å². The van der Waals surface area contributed by atoms with Crippen LogP contribution < -0.4 is 10.1 Å². The van der Waals surface area contributed by atoms with Crippen LogP contribution in [0.4, 0.5) is 5.69 Å². The molecule has 0 radical (unpaired) electrons. The number of anilines is 1. The minimum atomic E-state index is -3.83. The van der Waals surface area contributed by atoms with Crippen LogP contribution >= 0.6 is 11.6 Å². The fourth-order valence-electron chi connectivity index (χ4n) is 3.66. The highest BCUT2D eigenvalue weighted by molar-refractivity contribution is 7.89. The van der Waals surface area contributed by atoms with E-state index in [1.807, 2.05) is 0 Å². The van der Waals surface area contributed by atoms with E-state index in [9.17, 15) is 18.0 Å². The number of nitrogens with one attached hydrogen (secondary N) is 1. The van der Waals surface area contributed by atoms with E-state index in [1.165, 1.54) is 41.6 Å². The number of likely N-dealkylation sites (N-methyl/N-ethyl adjacent to an activating group) is 1. The van der Waals surface area contributed by atoms with Crippen molar-refractivity contribution in [1.29, 1.82) is 0 Å². The van der Waals surface area contributed by atoms with Crippen molar-refractivity contribution in [1.82, 2.24) is 9.21 Å².